The molecule has 16 heavy (non-hydrogen) atoms. The molecular weight excluding hydrogens is 206 g/mol. The summed E-state index contributed by atoms with van der Waals surface area (Å²) in [6.07, 6.45) is 4.45. The Hall–Kier alpha value is -1.58. The van der Waals surface area contributed by atoms with E-state index < -0.39 is 6.16 Å². The number of ether oxygens (including phenoxy) is 2. The van der Waals surface area contributed by atoms with E-state index in [-0.39, 0.29) is 6.10 Å². The summed E-state index contributed by atoms with van der Waals surface area (Å²) in [5, 5.41) is 0. The van der Waals surface area contributed by atoms with Crippen molar-refractivity contribution >= 4 is 6.16 Å². The highest BCUT2D eigenvalue weighted by Gasteiger charge is 2.05. The number of hydrogen-bond acceptors (Lipinski definition) is 4. The van der Waals surface area contributed by atoms with Gasteiger partial charge in [-0.25, -0.2) is 4.79 Å². The number of aromatic nitrogens is 1. The lowest BCUT2D eigenvalue weighted by Gasteiger charge is -2.08. The summed E-state index contributed by atoms with van der Waals surface area (Å²) < 4.78 is 9.72. The van der Waals surface area contributed by atoms with Crippen molar-refractivity contribution in [3.8, 4) is 0 Å². The zero-order chi connectivity index (χ0) is 11.8. The van der Waals surface area contributed by atoms with Crippen LogP contribution < -0.4 is 0 Å². The molecule has 0 bridgehead atoms. The van der Waals surface area contributed by atoms with Gasteiger partial charge in [0.15, 0.2) is 0 Å². The van der Waals surface area contributed by atoms with Crippen molar-refractivity contribution in [3.05, 3.63) is 30.1 Å². The molecule has 0 aliphatic heterocycles. The number of hydrogen-bond donors (Lipinski definition) is 0. The Morgan fingerprint density at radius 1 is 1.50 bits per heavy atom. The molecule has 4 nitrogen and oxygen atoms in total. The van der Waals surface area contributed by atoms with Crippen molar-refractivity contribution in [3.63, 3.8) is 0 Å². The lowest BCUT2D eigenvalue weighted by atomic mass is 10.2. The average Bonchev–Trinajstić information content (AvgIpc) is 2.25. The van der Waals surface area contributed by atoms with Crippen molar-refractivity contribution in [1.29, 1.82) is 0 Å². The van der Waals surface area contributed by atoms with E-state index in [1.165, 1.54) is 0 Å². The number of carbonyl (C=O) groups is 1. The normalized spacial score (nSPS) is 10.2. The van der Waals surface area contributed by atoms with Gasteiger partial charge < -0.3 is 9.47 Å². The average molecular weight is 223 g/mol. The van der Waals surface area contributed by atoms with Gasteiger partial charge in [0.2, 0.25) is 0 Å². The number of aryl methyl sites for hydroxylation is 1. The summed E-state index contributed by atoms with van der Waals surface area (Å²) in [6, 6.07) is 3.89. The zero-order valence-corrected chi connectivity index (χ0v) is 9.68. The van der Waals surface area contributed by atoms with Crippen molar-refractivity contribution < 1.29 is 14.3 Å². The zero-order valence-electron chi connectivity index (χ0n) is 9.68. The molecule has 1 aromatic rings. The topological polar surface area (TPSA) is 48.4 Å². The largest absolute Gasteiger partial charge is 0.508 e. The Labute approximate surface area is 95.6 Å². The fourth-order valence-corrected chi connectivity index (χ4v) is 1.20. The second-order valence-electron chi connectivity index (χ2n) is 3.73. The molecule has 0 radical (unpaired) electrons. The molecule has 88 valence electrons. The van der Waals surface area contributed by atoms with Crippen LogP contribution >= 0.6 is 0 Å². The van der Waals surface area contributed by atoms with Gasteiger partial charge in [-0.3, -0.25) is 4.98 Å². The summed E-state index contributed by atoms with van der Waals surface area (Å²) >= 11 is 0. The summed E-state index contributed by atoms with van der Waals surface area (Å²) in [7, 11) is 0. The number of rotatable bonds is 5. The number of carbonyl (C=O) groups excluding carboxylic acids is 1. The molecule has 0 N–H and O–H groups in total. The summed E-state index contributed by atoms with van der Waals surface area (Å²) in [5.41, 5.74) is 1.14. The first-order valence-corrected chi connectivity index (χ1v) is 5.41. The highest BCUT2D eigenvalue weighted by Crippen LogP contribution is 2.01. The molecule has 0 fully saturated rings. The maximum atomic E-state index is 11.0. The summed E-state index contributed by atoms with van der Waals surface area (Å²) in [5.74, 6) is 0. The molecular formula is C12H17NO3. The van der Waals surface area contributed by atoms with Gasteiger partial charge in [-0.05, 0) is 38.3 Å². The smallest absolute Gasteiger partial charge is 0.434 e. The number of nitrogens with zero attached hydrogens (tertiary/aromatic N) is 1. The van der Waals surface area contributed by atoms with Gasteiger partial charge in [0, 0.05) is 12.4 Å². The first-order chi connectivity index (χ1) is 7.68. The van der Waals surface area contributed by atoms with E-state index in [2.05, 4.69) is 4.98 Å². The third kappa shape index (κ3) is 5.34. The molecule has 0 aliphatic rings. The number of pyridine rings is 1. The molecule has 1 heterocycles. The van der Waals surface area contributed by atoms with E-state index in [0.29, 0.717) is 6.61 Å². The Balaban J connectivity index is 2.10. The lowest BCUT2D eigenvalue weighted by Crippen LogP contribution is -2.13. The van der Waals surface area contributed by atoms with E-state index in [1.54, 1.807) is 20.0 Å². The molecule has 4 heteroatoms. The van der Waals surface area contributed by atoms with Gasteiger partial charge in [0.1, 0.15) is 0 Å². The highest BCUT2D eigenvalue weighted by atomic mass is 16.7. The lowest BCUT2D eigenvalue weighted by molar-refractivity contribution is 0.0340. The molecule has 0 amide bonds. The van der Waals surface area contributed by atoms with E-state index in [9.17, 15) is 4.79 Å². The van der Waals surface area contributed by atoms with Crippen LogP contribution in [0.4, 0.5) is 4.79 Å². The van der Waals surface area contributed by atoms with Crippen LogP contribution in [0.5, 0.6) is 0 Å². The molecule has 0 atom stereocenters. The second kappa shape index (κ2) is 6.82. The SMILES string of the molecule is CC(C)OC(=O)OCCCc1cccnc1. The van der Waals surface area contributed by atoms with Gasteiger partial charge in [-0.15, -0.1) is 0 Å². The van der Waals surface area contributed by atoms with E-state index in [1.807, 2.05) is 18.3 Å². The van der Waals surface area contributed by atoms with Gasteiger partial charge in [-0.1, -0.05) is 6.07 Å². The molecule has 0 spiro atoms. The van der Waals surface area contributed by atoms with Crippen LogP contribution in [0.25, 0.3) is 0 Å². The van der Waals surface area contributed by atoms with Crippen molar-refractivity contribution in [2.45, 2.75) is 32.8 Å². The minimum atomic E-state index is -0.596. The van der Waals surface area contributed by atoms with Crippen LogP contribution in [-0.4, -0.2) is 23.9 Å². The van der Waals surface area contributed by atoms with E-state index in [0.717, 1.165) is 18.4 Å². The Morgan fingerprint density at radius 2 is 2.31 bits per heavy atom. The van der Waals surface area contributed by atoms with Gasteiger partial charge in [0.05, 0.1) is 12.7 Å². The molecule has 0 unspecified atom stereocenters. The van der Waals surface area contributed by atoms with Crippen molar-refractivity contribution in [2.75, 3.05) is 6.61 Å². The highest BCUT2D eigenvalue weighted by molar-refractivity contribution is 5.59. The van der Waals surface area contributed by atoms with Crippen molar-refractivity contribution in [1.82, 2.24) is 4.98 Å². The fourth-order valence-electron chi connectivity index (χ4n) is 1.20. The molecule has 1 rings (SSSR count). The van der Waals surface area contributed by atoms with Crippen LogP contribution in [0.15, 0.2) is 24.5 Å². The van der Waals surface area contributed by atoms with Crippen LogP contribution in [-0.2, 0) is 15.9 Å². The molecule has 0 saturated heterocycles. The predicted octanol–water partition coefficient (Wildman–Crippen LogP) is 2.58. The maximum absolute atomic E-state index is 11.0. The molecule has 0 aromatic carbocycles. The quantitative estimate of drug-likeness (QED) is 0.568. The van der Waals surface area contributed by atoms with E-state index in [4.69, 9.17) is 9.47 Å². The minimum Gasteiger partial charge on any atom is -0.434 e. The predicted molar refractivity (Wildman–Crippen MR) is 60.1 cm³/mol. The third-order valence-electron chi connectivity index (χ3n) is 1.88. The standard InChI is InChI=1S/C12H17NO3/c1-10(2)16-12(14)15-8-4-6-11-5-3-7-13-9-11/h3,5,7,9-10H,4,6,8H2,1-2H3. The Morgan fingerprint density at radius 3 is 2.94 bits per heavy atom. The third-order valence-corrected chi connectivity index (χ3v) is 1.88. The minimum absolute atomic E-state index is 0.133. The Bertz CT molecular complexity index is 311. The van der Waals surface area contributed by atoms with E-state index >= 15 is 0 Å². The molecule has 1 aromatic heterocycles. The first-order valence-electron chi connectivity index (χ1n) is 5.41. The Kier molecular flexibility index (Phi) is 5.32. The molecule has 0 saturated carbocycles. The van der Waals surface area contributed by atoms with Gasteiger partial charge >= 0.3 is 6.16 Å². The van der Waals surface area contributed by atoms with Crippen LogP contribution in [0.3, 0.4) is 0 Å². The summed E-state index contributed by atoms with van der Waals surface area (Å²) in [6.45, 7) is 3.95. The van der Waals surface area contributed by atoms with Crippen LogP contribution in [0.2, 0.25) is 0 Å². The van der Waals surface area contributed by atoms with Crippen molar-refractivity contribution in [2.24, 2.45) is 0 Å². The fraction of sp³-hybridized carbons (Fsp3) is 0.500. The monoisotopic (exact) mass is 223 g/mol. The first kappa shape index (κ1) is 12.5. The summed E-state index contributed by atoms with van der Waals surface area (Å²) in [4.78, 5) is 15.0. The van der Waals surface area contributed by atoms with Crippen LogP contribution in [0, 0.1) is 0 Å². The van der Waals surface area contributed by atoms with Gasteiger partial charge in [-0.2, -0.15) is 0 Å². The molecule has 0 aliphatic carbocycles. The second-order valence-corrected chi connectivity index (χ2v) is 3.73. The van der Waals surface area contributed by atoms with Crippen LogP contribution in [0.1, 0.15) is 25.8 Å². The van der Waals surface area contributed by atoms with Gasteiger partial charge in [0.25, 0.3) is 0 Å². The maximum Gasteiger partial charge on any atom is 0.508 e.